The largest absolute Gasteiger partial charge is 0.398 e. The Kier molecular flexibility index (Phi) is 1.75. The van der Waals surface area contributed by atoms with E-state index in [1.54, 1.807) is 12.1 Å². The van der Waals surface area contributed by atoms with Gasteiger partial charge in [0.05, 0.1) is 16.9 Å². The summed E-state index contributed by atoms with van der Waals surface area (Å²) in [6, 6.07) is 5.12. The minimum absolute atomic E-state index is 0.306. The topological polar surface area (TPSA) is 90.9 Å². The van der Waals surface area contributed by atoms with E-state index in [1.807, 2.05) is 6.07 Å². The van der Waals surface area contributed by atoms with Crippen molar-refractivity contribution in [2.75, 3.05) is 11.1 Å². The first-order valence-corrected chi connectivity index (χ1v) is 4.08. The van der Waals surface area contributed by atoms with Gasteiger partial charge in [-0.3, -0.25) is 0 Å². The molecule has 4 N–H and O–H groups in total. The molecule has 5 heteroatoms. The summed E-state index contributed by atoms with van der Waals surface area (Å²) in [6.45, 7) is 0.427. The second-order valence-corrected chi connectivity index (χ2v) is 2.98. The molecule has 1 aromatic carbocycles. The van der Waals surface area contributed by atoms with Crippen LogP contribution in [-0.2, 0) is 6.54 Å². The van der Waals surface area contributed by atoms with Crippen LogP contribution in [0.3, 0.4) is 0 Å². The Morgan fingerprint density at radius 1 is 1.50 bits per heavy atom. The maximum Gasteiger partial charge on any atom is 0.319 e. The molecule has 0 fully saturated rings. The number of fused-ring (bicyclic) bond motifs is 1. The smallest absolute Gasteiger partial charge is 0.319 e. The highest BCUT2D eigenvalue weighted by atomic mass is 16.2. The minimum Gasteiger partial charge on any atom is -0.398 e. The van der Waals surface area contributed by atoms with Gasteiger partial charge in [0.1, 0.15) is 6.07 Å². The number of carbonyl (C=O) groups excluding carboxylic acids is 1. The van der Waals surface area contributed by atoms with Crippen molar-refractivity contribution in [1.82, 2.24) is 5.32 Å². The van der Waals surface area contributed by atoms with Gasteiger partial charge in [0.25, 0.3) is 0 Å². The number of carbonyl (C=O) groups is 1. The van der Waals surface area contributed by atoms with Crippen molar-refractivity contribution in [3.8, 4) is 6.07 Å². The zero-order valence-electron chi connectivity index (χ0n) is 7.29. The number of nitriles is 1. The summed E-state index contributed by atoms with van der Waals surface area (Å²) >= 11 is 0. The Morgan fingerprint density at radius 2 is 2.29 bits per heavy atom. The van der Waals surface area contributed by atoms with E-state index in [0.29, 0.717) is 23.5 Å². The highest BCUT2D eigenvalue weighted by Gasteiger charge is 2.18. The molecule has 2 amide bonds. The third-order valence-electron chi connectivity index (χ3n) is 2.11. The lowest BCUT2D eigenvalue weighted by molar-refractivity contribution is 0.251. The number of urea groups is 1. The van der Waals surface area contributed by atoms with E-state index in [-0.39, 0.29) is 6.03 Å². The second kappa shape index (κ2) is 2.92. The molecule has 14 heavy (non-hydrogen) atoms. The van der Waals surface area contributed by atoms with E-state index in [1.165, 1.54) is 0 Å². The molecule has 0 aromatic heterocycles. The van der Waals surface area contributed by atoms with Crippen molar-refractivity contribution in [3.05, 3.63) is 23.3 Å². The van der Waals surface area contributed by atoms with E-state index < -0.39 is 0 Å². The third kappa shape index (κ3) is 1.13. The molecule has 70 valence electrons. The molecule has 5 nitrogen and oxygen atoms in total. The van der Waals surface area contributed by atoms with Crippen LogP contribution in [0, 0.1) is 11.3 Å². The summed E-state index contributed by atoms with van der Waals surface area (Å²) in [4.78, 5) is 11.0. The molecule has 2 rings (SSSR count). The first-order chi connectivity index (χ1) is 6.72. The average molecular weight is 188 g/mol. The summed E-state index contributed by atoms with van der Waals surface area (Å²) in [5.41, 5.74) is 7.72. The molecule has 0 radical (unpaired) electrons. The van der Waals surface area contributed by atoms with E-state index in [0.717, 1.165) is 5.56 Å². The molecule has 1 aliphatic heterocycles. The van der Waals surface area contributed by atoms with Crippen LogP contribution in [0.1, 0.15) is 11.1 Å². The Hall–Kier alpha value is -2.22. The molecule has 0 bridgehead atoms. The summed E-state index contributed by atoms with van der Waals surface area (Å²) in [5, 5.41) is 14.0. The molecule has 0 saturated carbocycles. The van der Waals surface area contributed by atoms with Crippen LogP contribution in [0.2, 0.25) is 0 Å². The van der Waals surface area contributed by atoms with Gasteiger partial charge in [-0.15, -0.1) is 0 Å². The zero-order valence-corrected chi connectivity index (χ0v) is 7.29. The van der Waals surface area contributed by atoms with Gasteiger partial charge in [-0.2, -0.15) is 5.26 Å². The normalized spacial score (nSPS) is 13.5. The molecule has 1 heterocycles. The number of hydrogen-bond acceptors (Lipinski definition) is 3. The predicted molar refractivity (Wildman–Crippen MR) is 51.4 cm³/mol. The number of rotatable bonds is 0. The molecule has 0 saturated heterocycles. The molecule has 1 aliphatic rings. The van der Waals surface area contributed by atoms with Crippen LogP contribution in [0.25, 0.3) is 0 Å². The summed E-state index contributed by atoms with van der Waals surface area (Å²) < 4.78 is 0. The van der Waals surface area contributed by atoms with Crippen molar-refractivity contribution < 1.29 is 4.79 Å². The summed E-state index contributed by atoms with van der Waals surface area (Å²) in [6.07, 6.45) is 0. The van der Waals surface area contributed by atoms with Gasteiger partial charge in [0.2, 0.25) is 0 Å². The standard InChI is InChI=1S/C9H8N4O/c10-3-6-7(11)2-1-5-4-12-9(14)13-8(5)6/h1-2H,4,11H2,(H2,12,13,14). The maximum atomic E-state index is 11.0. The van der Waals surface area contributed by atoms with E-state index in [9.17, 15) is 4.79 Å². The molecule has 1 aromatic rings. The molecule has 0 aliphatic carbocycles. The molecule has 0 unspecified atom stereocenters. The first-order valence-electron chi connectivity index (χ1n) is 4.08. The van der Waals surface area contributed by atoms with Crippen molar-refractivity contribution in [3.63, 3.8) is 0 Å². The average Bonchev–Trinajstić information content (AvgIpc) is 2.17. The zero-order chi connectivity index (χ0) is 10.1. The molecule has 0 spiro atoms. The van der Waals surface area contributed by atoms with Gasteiger partial charge in [-0.1, -0.05) is 6.07 Å². The second-order valence-electron chi connectivity index (χ2n) is 2.98. The fourth-order valence-corrected chi connectivity index (χ4v) is 1.41. The van der Waals surface area contributed by atoms with Gasteiger partial charge in [0.15, 0.2) is 0 Å². The van der Waals surface area contributed by atoms with Crippen LogP contribution in [0.4, 0.5) is 16.2 Å². The SMILES string of the molecule is N#Cc1c(N)ccc2c1NC(=O)NC2. The van der Waals surface area contributed by atoms with E-state index in [2.05, 4.69) is 10.6 Å². The number of benzene rings is 1. The van der Waals surface area contributed by atoms with Gasteiger partial charge in [-0.25, -0.2) is 4.79 Å². The number of nitrogens with zero attached hydrogens (tertiary/aromatic N) is 1. The number of amides is 2. The van der Waals surface area contributed by atoms with Gasteiger partial charge in [-0.05, 0) is 11.6 Å². The Bertz CT molecular complexity index is 447. The van der Waals surface area contributed by atoms with E-state index in [4.69, 9.17) is 11.0 Å². The molecule has 0 atom stereocenters. The van der Waals surface area contributed by atoms with Crippen molar-refractivity contribution >= 4 is 17.4 Å². The maximum absolute atomic E-state index is 11.0. The Morgan fingerprint density at radius 3 is 3.00 bits per heavy atom. The van der Waals surface area contributed by atoms with Gasteiger partial charge in [0, 0.05) is 6.54 Å². The van der Waals surface area contributed by atoms with Crippen molar-refractivity contribution in [1.29, 1.82) is 5.26 Å². The van der Waals surface area contributed by atoms with E-state index >= 15 is 0 Å². The highest BCUT2D eigenvalue weighted by Crippen LogP contribution is 2.27. The fourth-order valence-electron chi connectivity index (χ4n) is 1.41. The van der Waals surface area contributed by atoms with Crippen LogP contribution in [0.15, 0.2) is 12.1 Å². The Balaban J connectivity index is 2.61. The van der Waals surface area contributed by atoms with Gasteiger partial charge >= 0.3 is 6.03 Å². The van der Waals surface area contributed by atoms with Crippen molar-refractivity contribution in [2.24, 2.45) is 0 Å². The fraction of sp³-hybridized carbons (Fsp3) is 0.111. The van der Waals surface area contributed by atoms with Crippen LogP contribution in [-0.4, -0.2) is 6.03 Å². The number of nitrogen functional groups attached to an aromatic ring is 1. The summed E-state index contributed by atoms with van der Waals surface area (Å²) in [5.74, 6) is 0. The lowest BCUT2D eigenvalue weighted by Gasteiger charge is -2.19. The number of anilines is 2. The van der Waals surface area contributed by atoms with Crippen LogP contribution >= 0.6 is 0 Å². The third-order valence-corrected chi connectivity index (χ3v) is 2.11. The van der Waals surface area contributed by atoms with Gasteiger partial charge < -0.3 is 16.4 Å². The lowest BCUT2D eigenvalue weighted by atomic mass is 10.0. The lowest BCUT2D eigenvalue weighted by Crippen LogP contribution is -2.33. The Labute approximate surface area is 80.5 Å². The van der Waals surface area contributed by atoms with Crippen LogP contribution < -0.4 is 16.4 Å². The monoisotopic (exact) mass is 188 g/mol. The number of hydrogen-bond donors (Lipinski definition) is 3. The molecular weight excluding hydrogens is 180 g/mol. The summed E-state index contributed by atoms with van der Waals surface area (Å²) in [7, 11) is 0. The van der Waals surface area contributed by atoms with Crippen molar-refractivity contribution in [2.45, 2.75) is 6.54 Å². The molecular formula is C9H8N4O. The number of nitrogens with one attached hydrogen (secondary N) is 2. The number of nitrogens with two attached hydrogens (primary N) is 1. The minimum atomic E-state index is -0.306. The highest BCUT2D eigenvalue weighted by molar-refractivity contribution is 5.95. The quantitative estimate of drug-likeness (QED) is 0.525. The predicted octanol–water partition coefficient (Wildman–Crippen LogP) is 0.776. The van der Waals surface area contributed by atoms with Crippen LogP contribution in [0.5, 0.6) is 0 Å². The first kappa shape index (κ1) is 8.38.